The Kier molecular flexibility index (Phi) is 6.18. The van der Waals surface area contributed by atoms with Gasteiger partial charge in [-0.05, 0) is 36.4 Å². The third-order valence-electron chi connectivity index (χ3n) is 10.1. The third-order valence-corrected chi connectivity index (χ3v) is 10.1. The highest BCUT2D eigenvalue weighted by Gasteiger charge is 2.27. The highest BCUT2D eigenvalue weighted by atomic mass is 16.3. The first-order valence-electron chi connectivity index (χ1n) is 17.3. The lowest BCUT2D eigenvalue weighted by Crippen LogP contribution is -2.03. The number of aromatic nitrogens is 4. The largest absolute Gasteiger partial charge is 0.455 e. The van der Waals surface area contributed by atoms with E-state index in [0.717, 1.165) is 65.6 Å². The van der Waals surface area contributed by atoms with Crippen LogP contribution in [0.3, 0.4) is 0 Å². The second kappa shape index (κ2) is 11.2. The molecule has 7 aromatic carbocycles. The molecule has 0 radical (unpaired) electrons. The van der Waals surface area contributed by atoms with Crippen LogP contribution in [-0.2, 0) is 0 Å². The van der Waals surface area contributed by atoms with Crippen molar-refractivity contribution in [2.45, 2.75) is 0 Å². The lowest BCUT2D eigenvalue weighted by Gasteiger charge is -2.14. The van der Waals surface area contributed by atoms with Gasteiger partial charge < -0.3 is 13.4 Å². The highest BCUT2D eigenvalue weighted by Crippen LogP contribution is 2.46. The summed E-state index contributed by atoms with van der Waals surface area (Å²) in [6, 6.07) is 52.7. The van der Waals surface area contributed by atoms with Crippen molar-refractivity contribution in [3.05, 3.63) is 157 Å². The number of hydrogen-bond donors (Lipinski definition) is 0. The van der Waals surface area contributed by atoms with Crippen LogP contribution in [0.5, 0.6) is 0 Å². The van der Waals surface area contributed by atoms with E-state index in [2.05, 4.69) is 41.0 Å². The Bertz CT molecular complexity index is 3240. The van der Waals surface area contributed by atoms with Crippen molar-refractivity contribution in [3.8, 4) is 45.9 Å². The van der Waals surface area contributed by atoms with Crippen molar-refractivity contribution in [1.82, 2.24) is 19.5 Å². The molecule has 0 bridgehead atoms. The Balaban J connectivity index is 1.27. The molecule has 0 aliphatic heterocycles. The van der Waals surface area contributed by atoms with E-state index in [1.807, 2.05) is 121 Å². The zero-order valence-corrected chi connectivity index (χ0v) is 28.0. The van der Waals surface area contributed by atoms with Crippen molar-refractivity contribution in [2.24, 2.45) is 0 Å². The summed E-state index contributed by atoms with van der Waals surface area (Å²) in [5, 5.41) is 16.8. The molecule has 7 nitrogen and oxygen atoms in total. The van der Waals surface area contributed by atoms with Gasteiger partial charge in [0.05, 0.1) is 22.0 Å². The fraction of sp³-hybridized carbons (Fsp3) is 0. The van der Waals surface area contributed by atoms with E-state index in [-0.39, 0.29) is 0 Å². The molecule has 0 fully saturated rings. The predicted octanol–water partition coefficient (Wildman–Crippen LogP) is 11.6. The summed E-state index contributed by atoms with van der Waals surface area (Å²) in [4.78, 5) is 15.0. The summed E-state index contributed by atoms with van der Waals surface area (Å²) in [6.45, 7) is 0. The minimum Gasteiger partial charge on any atom is -0.455 e. The van der Waals surface area contributed by atoms with E-state index < -0.39 is 0 Å². The molecule has 0 amide bonds. The van der Waals surface area contributed by atoms with Crippen LogP contribution in [0, 0.1) is 11.3 Å². The SMILES string of the molecule is N#Cc1cc(-c2nc(-c3ccccc3)nc(-c3ccccc3)n2)c2c(oc3ccccc32)c1-n1c2ccccc2c2c3oc4ccccc4c3ccc21. The summed E-state index contributed by atoms with van der Waals surface area (Å²) in [7, 11) is 0. The third kappa shape index (κ3) is 4.30. The van der Waals surface area contributed by atoms with Crippen LogP contribution in [0.2, 0.25) is 0 Å². The molecule has 11 rings (SSSR count). The van der Waals surface area contributed by atoms with Gasteiger partial charge in [0.15, 0.2) is 23.1 Å². The van der Waals surface area contributed by atoms with E-state index in [1.54, 1.807) is 0 Å². The highest BCUT2D eigenvalue weighted by molar-refractivity contribution is 6.25. The van der Waals surface area contributed by atoms with Crippen molar-refractivity contribution in [1.29, 1.82) is 5.26 Å². The number of rotatable bonds is 4. The maximum absolute atomic E-state index is 11.0. The van der Waals surface area contributed by atoms with E-state index >= 15 is 0 Å². The molecule has 53 heavy (non-hydrogen) atoms. The first-order chi connectivity index (χ1) is 26.2. The number of nitriles is 1. The van der Waals surface area contributed by atoms with Crippen molar-refractivity contribution in [3.63, 3.8) is 0 Å². The van der Waals surface area contributed by atoms with Gasteiger partial charge in [-0.25, -0.2) is 15.0 Å². The average molecular weight is 680 g/mol. The van der Waals surface area contributed by atoms with Crippen molar-refractivity contribution < 1.29 is 8.83 Å². The first-order valence-corrected chi connectivity index (χ1v) is 17.3. The summed E-state index contributed by atoms with van der Waals surface area (Å²) < 4.78 is 15.5. The van der Waals surface area contributed by atoms with Crippen LogP contribution in [0.15, 0.2) is 160 Å². The Morgan fingerprint density at radius 2 is 1.04 bits per heavy atom. The van der Waals surface area contributed by atoms with Gasteiger partial charge in [0.25, 0.3) is 0 Å². The molecule has 7 heteroatoms. The normalized spacial score (nSPS) is 11.8. The van der Waals surface area contributed by atoms with E-state index in [1.165, 1.54) is 0 Å². The minimum absolute atomic E-state index is 0.418. The minimum atomic E-state index is 0.418. The summed E-state index contributed by atoms with van der Waals surface area (Å²) in [5.74, 6) is 1.52. The standard InChI is InChI=1S/C46H25N5O2/c47-26-29-25-34(46-49-44(27-13-3-1-4-14-27)48-45(50-46)28-15-5-2-6-16-28)39-33-19-9-12-22-38(33)53-43(39)41(29)51-35-20-10-7-18-32(35)40-36(51)24-23-31-30-17-8-11-21-37(30)52-42(31)40/h1-25H. The van der Waals surface area contributed by atoms with E-state index in [9.17, 15) is 5.26 Å². The first kappa shape index (κ1) is 29.2. The fourth-order valence-corrected chi connectivity index (χ4v) is 7.78. The molecule has 4 aromatic heterocycles. The van der Waals surface area contributed by atoms with Crippen LogP contribution in [0.4, 0.5) is 0 Å². The van der Waals surface area contributed by atoms with Gasteiger partial charge in [-0.2, -0.15) is 5.26 Å². The smallest absolute Gasteiger partial charge is 0.164 e. The molecule has 11 aromatic rings. The number of hydrogen-bond acceptors (Lipinski definition) is 6. The van der Waals surface area contributed by atoms with Crippen LogP contribution in [0.1, 0.15) is 5.56 Å². The van der Waals surface area contributed by atoms with Gasteiger partial charge in [-0.1, -0.05) is 115 Å². The van der Waals surface area contributed by atoms with E-state index in [0.29, 0.717) is 45.5 Å². The molecular formula is C46H25N5O2. The molecule has 4 heterocycles. The number of fused-ring (bicyclic) bond motifs is 10. The molecule has 0 spiro atoms. The summed E-state index contributed by atoms with van der Waals surface area (Å²) in [6.07, 6.45) is 0. The van der Waals surface area contributed by atoms with Gasteiger partial charge in [0, 0.05) is 43.6 Å². The molecule has 0 aliphatic carbocycles. The zero-order valence-electron chi connectivity index (χ0n) is 28.0. The van der Waals surface area contributed by atoms with Crippen LogP contribution >= 0.6 is 0 Å². The summed E-state index contributed by atoms with van der Waals surface area (Å²) >= 11 is 0. The fourth-order valence-electron chi connectivity index (χ4n) is 7.78. The summed E-state index contributed by atoms with van der Waals surface area (Å²) in [5.41, 5.74) is 8.20. The predicted molar refractivity (Wildman–Crippen MR) is 210 cm³/mol. The molecule has 0 saturated heterocycles. The van der Waals surface area contributed by atoms with Crippen molar-refractivity contribution >= 4 is 65.7 Å². The quantitative estimate of drug-likeness (QED) is 0.184. The lowest BCUT2D eigenvalue weighted by molar-refractivity contribution is 0.666. The maximum atomic E-state index is 11.0. The Morgan fingerprint density at radius 3 is 1.74 bits per heavy atom. The van der Waals surface area contributed by atoms with Gasteiger partial charge >= 0.3 is 0 Å². The van der Waals surface area contributed by atoms with Crippen LogP contribution in [-0.4, -0.2) is 19.5 Å². The Hall–Kier alpha value is -7.56. The average Bonchev–Trinajstić information content (AvgIpc) is 3.91. The number of benzene rings is 7. The van der Waals surface area contributed by atoms with Gasteiger partial charge in [-0.15, -0.1) is 0 Å². The van der Waals surface area contributed by atoms with Gasteiger partial charge in [0.2, 0.25) is 0 Å². The molecule has 246 valence electrons. The monoisotopic (exact) mass is 679 g/mol. The van der Waals surface area contributed by atoms with Crippen LogP contribution < -0.4 is 0 Å². The molecule has 0 unspecified atom stereocenters. The lowest BCUT2D eigenvalue weighted by atomic mass is 10.00. The Labute approximate surface area is 301 Å². The molecule has 0 N–H and O–H groups in total. The molecular weight excluding hydrogens is 655 g/mol. The van der Waals surface area contributed by atoms with Crippen molar-refractivity contribution in [2.75, 3.05) is 0 Å². The molecule has 0 aliphatic rings. The zero-order chi connectivity index (χ0) is 35.0. The molecule has 0 saturated carbocycles. The topological polar surface area (TPSA) is 93.7 Å². The number of para-hydroxylation sites is 3. The number of furan rings is 2. The van der Waals surface area contributed by atoms with Gasteiger partial charge in [-0.3, -0.25) is 0 Å². The second-order valence-electron chi connectivity index (χ2n) is 13.1. The second-order valence-corrected chi connectivity index (χ2v) is 13.1. The van der Waals surface area contributed by atoms with E-state index in [4.69, 9.17) is 23.8 Å². The Morgan fingerprint density at radius 1 is 0.472 bits per heavy atom. The number of nitrogens with zero attached hydrogens (tertiary/aromatic N) is 5. The van der Waals surface area contributed by atoms with Gasteiger partial charge in [0.1, 0.15) is 28.5 Å². The van der Waals surface area contributed by atoms with Crippen LogP contribution in [0.25, 0.3) is 106 Å². The molecule has 0 atom stereocenters. The maximum Gasteiger partial charge on any atom is 0.164 e.